The molecular formula is C45H40ClOP2Ru+2. The van der Waals surface area contributed by atoms with Gasteiger partial charge in [0.05, 0.1) is 15.8 Å². The summed E-state index contributed by atoms with van der Waals surface area (Å²) in [6.07, 6.45) is 1.58. The molecule has 0 amide bonds. The van der Waals surface area contributed by atoms with Gasteiger partial charge in [-0.1, -0.05) is 127 Å². The largest absolute Gasteiger partial charge is 0.102 e. The summed E-state index contributed by atoms with van der Waals surface area (Å²) in [4.78, 5) is 7.75. The Hall–Kier alpha value is -4.28. The van der Waals surface area contributed by atoms with Crippen LogP contribution in [0.25, 0.3) is 6.08 Å². The first-order chi connectivity index (χ1) is 24.8. The van der Waals surface area contributed by atoms with Crippen molar-refractivity contribution in [3.8, 4) is 0 Å². The first kappa shape index (κ1) is 40.2. The van der Waals surface area contributed by atoms with E-state index in [1.807, 2.05) is 47.6 Å². The van der Waals surface area contributed by atoms with Crippen LogP contribution in [0.15, 0.2) is 212 Å². The van der Waals surface area contributed by atoms with Gasteiger partial charge in [-0.25, -0.2) is 6.08 Å². The van der Waals surface area contributed by atoms with E-state index in [0.29, 0.717) is 0 Å². The zero-order chi connectivity index (χ0) is 35.7. The molecule has 0 heterocycles. The van der Waals surface area contributed by atoms with Crippen LogP contribution < -0.4 is 31.8 Å². The summed E-state index contributed by atoms with van der Waals surface area (Å²) in [5.74, 6) is 0. The molecule has 0 saturated carbocycles. The first-order valence-corrected chi connectivity index (χ1v) is 21.1. The molecule has 0 aliphatic rings. The van der Waals surface area contributed by atoms with Gasteiger partial charge in [0.25, 0.3) is 0 Å². The Morgan fingerprint density at radius 3 is 0.640 bits per heavy atom. The fourth-order valence-corrected chi connectivity index (χ4v) is 10.3. The monoisotopic (exact) mass is 795 g/mol. The number of hydrogen-bond acceptors (Lipinski definition) is 1. The Morgan fingerprint density at radius 1 is 0.340 bits per heavy atom. The van der Waals surface area contributed by atoms with Crippen molar-refractivity contribution in [1.82, 2.24) is 0 Å². The van der Waals surface area contributed by atoms with E-state index >= 15 is 0 Å². The molecule has 0 fully saturated rings. The van der Waals surface area contributed by atoms with Crippen LogP contribution in [0, 0.1) is 6.58 Å². The molecule has 0 atom stereocenters. The second-order valence-electron chi connectivity index (χ2n) is 10.5. The fraction of sp³-hybridized carbons (Fsp3) is 0. The zero-order valence-corrected chi connectivity index (χ0v) is 32.1. The van der Waals surface area contributed by atoms with Crippen LogP contribution in [0.1, 0.15) is 5.56 Å². The first-order valence-electron chi connectivity index (χ1n) is 15.9. The van der Waals surface area contributed by atoms with Gasteiger partial charge in [-0.2, -0.15) is 5.56 Å². The van der Waals surface area contributed by atoms with Crippen LogP contribution in [0.5, 0.6) is 0 Å². The van der Waals surface area contributed by atoms with Gasteiger partial charge in [0.2, 0.25) is 0 Å². The molecule has 249 valence electrons. The minimum absolute atomic E-state index is 0.877. The van der Waals surface area contributed by atoms with E-state index in [-0.39, 0.29) is 0 Å². The van der Waals surface area contributed by atoms with Crippen molar-refractivity contribution in [1.29, 1.82) is 0 Å². The topological polar surface area (TPSA) is 17.1 Å². The Kier molecular flexibility index (Phi) is 19.9. The van der Waals surface area contributed by atoms with E-state index in [4.69, 9.17) is 11.4 Å². The van der Waals surface area contributed by atoms with Crippen molar-refractivity contribution < 1.29 is 22.1 Å². The third-order valence-corrected chi connectivity index (χ3v) is 12.8. The molecule has 0 spiro atoms. The quantitative estimate of drug-likeness (QED) is 0.0683. The number of carbonyl (C=O) groups excluding carboxylic acids is 1. The van der Waals surface area contributed by atoms with E-state index in [1.165, 1.54) is 31.8 Å². The minimum Gasteiger partial charge on any atom is -0.0620 e. The molecule has 0 N–H and O–H groups in total. The van der Waals surface area contributed by atoms with Crippen molar-refractivity contribution in [3.05, 3.63) is 224 Å². The molecule has 0 bridgehead atoms. The summed E-state index contributed by atoms with van der Waals surface area (Å²) in [5.41, 5.74) is 1.06. The van der Waals surface area contributed by atoms with Gasteiger partial charge in [-0.3, -0.25) is 13.4 Å². The summed E-state index contributed by atoms with van der Waals surface area (Å²) >= 11 is 1.82. The van der Waals surface area contributed by atoms with Crippen LogP contribution in [-0.2, 0) is 22.1 Å². The Bertz CT molecular complexity index is 1540. The van der Waals surface area contributed by atoms with Gasteiger partial charge in [0.1, 0.15) is 31.8 Å². The maximum absolute atomic E-state index is 7.75. The molecule has 0 saturated heterocycles. The van der Waals surface area contributed by atoms with E-state index < -0.39 is 15.8 Å². The average molecular weight is 795 g/mol. The van der Waals surface area contributed by atoms with Gasteiger partial charge in [-0.15, -0.1) is 12.1 Å². The minimum atomic E-state index is -0.877. The van der Waals surface area contributed by atoms with Crippen LogP contribution in [0.3, 0.4) is 0 Å². The number of hydrogen-bond donors (Lipinski definition) is 0. The maximum Gasteiger partial charge on any atom is 0.102 e. The van der Waals surface area contributed by atoms with E-state index in [9.17, 15) is 0 Å². The molecule has 7 rings (SSSR count). The maximum atomic E-state index is 7.75. The van der Waals surface area contributed by atoms with Crippen LogP contribution in [0.2, 0.25) is 0 Å². The van der Waals surface area contributed by atoms with Gasteiger partial charge in [-0.05, 0) is 72.8 Å². The molecule has 0 aromatic heterocycles. The third kappa shape index (κ3) is 13.2. The normalized spacial score (nSPS) is 9.58. The summed E-state index contributed by atoms with van der Waals surface area (Å²) in [5, 5.41) is 8.61. The van der Waals surface area contributed by atoms with Crippen molar-refractivity contribution in [3.63, 3.8) is 0 Å². The Morgan fingerprint density at radius 2 is 0.500 bits per heavy atom. The molecule has 7 aromatic rings. The molecule has 0 aliphatic carbocycles. The molecule has 7 aromatic carbocycles. The van der Waals surface area contributed by atoms with E-state index in [1.54, 1.807) is 6.08 Å². The predicted molar refractivity (Wildman–Crippen MR) is 221 cm³/mol. The molecule has 50 heavy (non-hydrogen) atoms. The number of benzene rings is 7. The average Bonchev–Trinajstić information content (AvgIpc) is 3.23. The second kappa shape index (κ2) is 24.8. The summed E-state index contributed by atoms with van der Waals surface area (Å²) < 4.78 is 0. The van der Waals surface area contributed by atoms with Gasteiger partial charge in [0.15, 0.2) is 0 Å². The molecular weight excluding hydrogens is 755 g/mol. The van der Waals surface area contributed by atoms with Gasteiger partial charge < -0.3 is 4.79 Å². The molecule has 0 radical (unpaired) electrons. The van der Waals surface area contributed by atoms with Crippen LogP contribution in [0.4, 0.5) is 0 Å². The van der Waals surface area contributed by atoms with Crippen LogP contribution >= 0.6 is 25.5 Å². The SMILES string of the molecule is [CH-]=Cc1ccccc1.[CH-]=O.[Cl][Ru+2].c1ccc([PH+](c2ccccc2)c2ccccc2)cc1.c1ccc([PH+](c2ccccc2)c2ccccc2)cc1. The second-order valence-corrected chi connectivity index (χ2v) is 15.5. The predicted octanol–water partition coefficient (Wildman–Crippen LogP) is 8.90. The van der Waals surface area contributed by atoms with E-state index in [0.717, 1.165) is 5.56 Å². The molecule has 0 unspecified atom stereocenters. The van der Waals surface area contributed by atoms with Crippen LogP contribution in [-0.4, -0.2) is 6.79 Å². The zero-order valence-electron chi connectivity index (χ0n) is 27.6. The fourth-order valence-electron chi connectivity index (χ4n) is 5.19. The molecule has 1 nitrogen and oxygen atoms in total. The van der Waals surface area contributed by atoms with E-state index in [2.05, 4.69) is 198 Å². The van der Waals surface area contributed by atoms with Crippen molar-refractivity contribution in [2.24, 2.45) is 0 Å². The third-order valence-electron chi connectivity index (χ3n) is 7.37. The summed E-state index contributed by atoms with van der Waals surface area (Å²) in [6, 6.07) is 74.8. The number of halogens is 1. The Labute approximate surface area is 315 Å². The van der Waals surface area contributed by atoms with Crippen molar-refractivity contribution in [2.45, 2.75) is 0 Å². The smallest absolute Gasteiger partial charge is 0.0620 e. The standard InChI is InChI=1S/2C18H15P.C8H7.CHO.ClH.Ru/c2*1-4-10-16(11-5-1)19(17-12-6-2-7-13-17)18-14-8-3-9-15-18;1-2-8-6-4-3-5-7-8;1-2;;/h2*1-15H;1-7H;1H;1H;/q;;2*-1;;+3/p+1. The van der Waals surface area contributed by atoms with Gasteiger partial charge in [0, 0.05) is 0 Å². The van der Waals surface area contributed by atoms with Gasteiger partial charge >= 0.3 is 27.0 Å². The number of rotatable bonds is 7. The molecule has 0 aliphatic heterocycles. The summed E-state index contributed by atoms with van der Waals surface area (Å²) in [7, 11) is 2.81. The Balaban J connectivity index is 0.000000206. The van der Waals surface area contributed by atoms with Crippen molar-refractivity contribution >= 4 is 70.2 Å². The molecule has 5 heteroatoms. The van der Waals surface area contributed by atoms with Crippen molar-refractivity contribution in [2.75, 3.05) is 0 Å². The summed E-state index contributed by atoms with van der Waals surface area (Å²) in [6.45, 7) is 8.47.